The van der Waals surface area contributed by atoms with E-state index in [1.807, 2.05) is 38.1 Å². The lowest BCUT2D eigenvalue weighted by molar-refractivity contribution is 0.102. The van der Waals surface area contributed by atoms with E-state index >= 15 is 0 Å². The van der Waals surface area contributed by atoms with Crippen molar-refractivity contribution in [3.05, 3.63) is 82.0 Å². The van der Waals surface area contributed by atoms with E-state index in [-0.39, 0.29) is 11.4 Å². The van der Waals surface area contributed by atoms with Crippen LogP contribution < -0.4 is 5.32 Å². The van der Waals surface area contributed by atoms with Crippen LogP contribution in [0.1, 0.15) is 27.0 Å². The van der Waals surface area contributed by atoms with Crippen molar-refractivity contribution in [3.8, 4) is 11.9 Å². The molecule has 4 aromatic rings. The second kappa shape index (κ2) is 7.38. The molecule has 0 fully saturated rings. The fraction of sp³-hybridized carbons (Fsp3) is 0.0909. The monoisotopic (exact) mass is 401 g/mol. The van der Waals surface area contributed by atoms with Crippen LogP contribution in [0.5, 0.6) is 0 Å². The van der Waals surface area contributed by atoms with Crippen LogP contribution in [0.15, 0.2) is 54.7 Å². The summed E-state index contributed by atoms with van der Waals surface area (Å²) < 4.78 is 1.46. The second-order valence-electron chi connectivity index (χ2n) is 6.63. The Hall–Kier alpha value is -3.69. The Morgan fingerprint density at radius 1 is 1.14 bits per heavy atom. The average Bonchev–Trinajstić information content (AvgIpc) is 3.11. The van der Waals surface area contributed by atoms with Crippen LogP contribution in [0.25, 0.3) is 16.7 Å². The molecule has 0 saturated heterocycles. The molecular formula is C22H16ClN5O. The first-order valence-electron chi connectivity index (χ1n) is 8.91. The molecule has 1 N–H and O–H groups in total. The number of hydrogen-bond acceptors (Lipinski definition) is 4. The molecule has 0 aliphatic heterocycles. The van der Waals surface area contributed by atoms with Crippen LogP contribution in [0, 0.1) is 25.2 Å². The van der Waals surface area contributed by atoms with Crippen LogP contribution in [0.3, 0.4) is 0 Å². The molecule has 0 saturated carbocycles. The van der Waals surface area contributed by atoms with Crippen LogP contribution in [0.4, 0.5) is 5.82 Å². The average molecular weight is 402 g/mol. The maximum Gasteiger partial charge on any atom is 0.258 e. The van der Waals surface area contributed by atoms with Crippen molar-refractivity contribution in [3.63, 3.8) is 0 Å². The molecule has 0 bridgehead atoms. The summed E-state index contributed by atoms with van der Waals surface area (Å²) in [5, 5.41) is 17.9. The Labute approximate surface area is 172 Å². The van der Waals surface area contributed by atoms with Gasteiger partial charge in [0.1, 0.15) is 11.6 Å². The van der Waals surface area contributed by atoms with E-state index in [1.54, 1.807) is 24.3 Å². The molecule has 7 heteroatoms. The Kier molecular flexibility index (Phi) is 4.75. The SMILES string of the molecule is Cc1cc(-n2ncc(C#N)c2NC(=O)c2ccccc2Cl)nc2c(C)cccc12. The van der Waals surface area contributed by atoms with Crippen molar-refractivity contribution < 1.29 is 4.79 Å². The molecule has 2 aromatic carbocycles. The number of halogens is 1. The Morgan fingerprint density at radius 2 is 1.93 bits per heavy atom. The minimum Gasteiger partial charge on any atom is -0.305 e. The number of fused-ring (bicyclic) bond motifs is 1. The number of aryl methyl sites for hydroxylation is 2. The van der Waals surface area contributed by atoms with Gasteiger partial charge in [-0.15, -0.1) is 0 Å². The van der Waals surface area contributed by atoms with Gasteiger partial charge in [-0.1, -0.05) is 41.9 Å². The molecule has 0 radical (unpaired) electrons. The number of carbonyl (C=O) groups is 1. The van der Waals surface area contributed by atoms with Crippen LogP contribution in [0.2, 0.25) is 5.02 Å². The Balaban J connectivity index is 1.83. The van der Waals surface area contributed by atoms with Crippen molar-refractivity contribution in [1.82, 2.24) is 14.8 Å². The number of nitrogens with zero attached hydrogens (tertiary/aromatic N) is 4. The number of para-hydroxylation sites is 1. The highest BCUT2D eigenvalue weighted by Gasteiger charge is 2.19. The van der Waals surface area contributed by atoms with Gasteiger partial charge in [0, 0.05) is 5.39 Å². The highest BCUT2D eigenvalue weighted by Crippen LogP contribution is 2.26. The van der Waals surface area contributed by atoms with E-state index in [0.717, 1.165) is 22.0 Å². The molecule has 0 spiro atoms. The van der Waals surface area contributed by atoms with Gasteiger partial charge in [0.2, 0.25) is 0 Å². The molecule has 0 aliphatic carbocycles. The normalized spacial score (nSPS) is 10.7. The van der Waals surface area contributed by atoms with Gasteiger partial charge in [-0.3, -0.25) is 4.79 Å². The second-order valence-corrected chi connectivity index (χ2v) is 7.04. The largest absolute Gasteiger partial charge is 0.305 e. The zero-order chi connectivity index (χ0) is 20.5. The molecule has 1 amide bonds. The number of carbonyl (C=O) groups excluding carboxylic acids is 1. The molecule has 29 heavy (non-hydrogen) atoms. The summed E-state index contributed by atoms with van der Waals surface area (Å²) in [5.74, 6) is 0.333. The van der Waals surface area contributed by atoms with Gasteiger partial charge in [-0.05, 0) is 43.2 Å². The van der Waals surface area contributed by atoms with E-state index in [9.17, 15) is 10.1 Å². The summed E-state index contributed by atoms with van der Waals surface area (Å²) >= 11 is 6.13. The van der Waals surface area contributed by atoms with Gasteiger partial charge in [0.15, 0.2) is 11.6 Å². The first-order chi connectivity index (χ1) is 14.0. The number of pyridine rings is 1. The summed E-state index contributed by atoms with van der Waals surface area (Å²) in [6.07, 6.45) is 1.40. The number of anilines is 1. The lowest BCUT2D eigenvalue weighted by Crippen LogP contribution is -2.17. The smallest absolute Gasteiger partial charge is 0.258 e. The van der Waals surface area contributed by atoms with Crippen LogP contribution in [-0.2, 0) is 0 Å². The molecule has 0 unspecified atom stereocenters. The van der Waals surface area contributed by atoms with E-state index in [0.29, 0.717) is 16.4 Å². The summed E-state index contributed by atoms with van der Waals surface area (Å²) in [6, 6.07) is 16.6. The van der Waals surface area contributed by atoms with E-state index < -0.39 is 5.91 Å². The topological polar surface area (TPSA) is 83.6 Å². The van der Waals surface area contributed by atoms with Crippen molar-refractivity contribution in [2.24, 2.45) is 0 Å². The van der Waals surface area contributed by atoms with Crippen molar-refractivity contribution in [2.45, 2.75) is 13.8 Å². The van der Waals surface area contributed by atoms with Gasteiger partial charge in [0.05, 0.1) is 22.3 Å². The third kappa shape index (κ3) is 3.33. The molecule has 4 rings (SSSR count). The Morgan fingerprint density at radius 3 is 2.69 bits per heavy atom. The standard InChI is InChI=1S/C22H16ClN5O/c1-13-6-5-8-16-14(2)10-19(26-20(13)16)28-21(15(11-24)12-25-28)27-22(29)17-7-3-4-9-18(17)23/h3-10,12H,1-2H3,(H,27,29). The quantitative estimate of drug-likeness (QED) is 0.533. The van der Waals surface area contributed by atoms with Crippen molar-refractivity contribution in [2.75, 3.05) is 5.32 Å². The fourth-order valence-corrected chi connectivity index (χ4v) is 3.42. The summed E-state index contributed by atoms with van der Waals surface area (Å²) in [6.45, 7) is 3.98. The van der Waals surface area contributed by atoms with Gasteiger partial charge in [-0.2, -0.15) is 15.0 Å². The van der Waals surface area contributed by atoms with E-state index in [1.165, 1.54) is 10.9 Å². The molecule has 2 aromatic heterocycles. The van der Waals surface area contributed by atoms with Crippen molar-refractivity contribution in [1.29, 1.82) is 5.26 Å². The number of nitrogens with one attached hydrogen (secondary N) is 1. The number of hydrogen-bond donors (Lipinski definition) is 1. The number of rotatable bonds is 3. The highest BCUT2D eigenvalue weighted by atomic mass is 35.5. The predicted octanol–water partition coefficient (Wildman–Crippen LogP) is 4.81. The highest BCUT2D eigenvalue weighted by molar-refractivity contribution is 6.34. The molecule has 6 nitrogen and oxygen atoms in total. The van der Waals surface area contributed by atoms with Gasteiger partial charge < -0.3 is 5.32 Å². The number of nitriles is 1. The maximum absolute atomic E-state index is 12.8. The van der Waals surface area contributed by atoms with Gasteiger partial charge in [0.25, 0.3) is 5.91 Å². The maximum atomic E-state index is 12.8. The Bertz CT molecular complexity index is 1300. The van der Waals surface area contributed by atoms with Crippen LogP contribution in [-0.4, -0.2) is 20.7 Å². The van der Waals surface area contributed by atoms with Gasteiger partial charge >= 0.3 is 0 Å². The minimum absolute atomic E-state index is 0.231. The van der Waals surface area contributed by atoms with Crippen LogP contribution >= 0.6 is 11.6 Å². The molecule has 0 aliphatic rings. The summed E-state index contributed by atoms with van der Waals surface area (Å²) in [7, 11) is 0. The molecule has 2 heterocycles. The molecular weight excluding hydrogens is 386 g/mol. The van der Waals surface area contributed by atoms with E-state index in [4.69, 9.17) is 16.6 Å². The first kappa shape index (κ1) is 18.7. The van der Waals surface area contributed by atoms with E-state index in [2.05, 4.69) is 16.5 Å². The first-order valence-corrected chi connectivity index (χ1v) is 9.28. The zero-order valence-electron chi connectivity index (χ0n) is 15.8. The van der Waals surface area contributed by atoms with Crippen molar-refractivity contribution >= 4 is 34.2 Å². The summed E-state index contributed by atoms with van der Waals surface area (Å²) in [5.41, 5.74) is 3.44. The zero-order valence-corrected chi connectivity index (χ0v) is 16.5. The number of aromatic nitrogens is 3. The number of benzene rings is 2. The fourth-order valence-electron chi connectivity index (χ4n) is 3.20. The third-order valence-corrected chi connectivity index (χ3v) is 5.02. The summed E-state index contributed by atoms with van der Waals surface area (Å²) in [4.78, 5) is 17.5. The lowest BCUT2D eigenvalue weighted by Gasteiger charge is -2.12. The molecule has 0 atom stereocenters. The lowest BCUT2D eigenvalue weighted by atomic mass is 10.1. The third-order valence-electron chi connectivity index (χ3n) is 4.69. The predicted molar refractivity (Wildman–Crippen MR) is 112 cm³/mol. The molecule has 142 valence electrons. The minimum atomic E-state index is -0.428. The van der Waals surface area contributed by atoms with Gasteiger partial charge in [-0.25, -0.2) is 4.98 Å². The number of amides is 1.